The topological polar surface area (TPSA) is 69.0 Å². The van der Waals surface area contributed by atoms with Crippen LogP contribution >= 0.6 is 0 Å². The largest absolute Gasteiger partial charge is 0.375 e. The Balaban J connectivity index is 2.86. The zero-order valence-corrected chi connectivity index (χ0v) is 21.0. The van der Waals surface area contributed by atoms with E-state index in [2.05, 4.69) is 56.4 Å². The molecule has 0 spiro atoms. The van der Waals surface area contributed by atoms with Crippen LogP contribution < -0.4 is 5.32 Å². The Morgan fingerprint density at radius 2 is 1.87 bits per heavy atom. The molecule has 1 aromatic rings. The van der Waals surface area contributed by atoms with Crippen molar-refractivity contribution < 1.29 is 9.53 Å². The third-order valence-electron chi connectivity index (χ3n) is 7.09. The molecule has 0 aliphatic carbocycles. The van der Waals surface area contributed by atoms with E-state index in [9.17, 15) is 4.79 Å². The summed E-state index contributed by atoms with van der Waals surface area (Å²) in [6, 6.07) is 0.263. The van der Waals surface area contributed by atoms with Crippen molar-refractivity contribution in [3.63, 3.8) is 0 Å². The quantitative estimate of drug-likeness (QED) is 0.426. The molecule has 1 rings (SSSR count). The SMILES string of the molecule is CCC(CCOC(C)(CC)CCNC)n1cc(C(C)(CC)CC(C)(C)C(C)=O)nn1. The van der Waals surface area contributed by atoms with Gasteiger partial charge in [-0.1, -0.05) is 46.8 Å². The first kappa shape index (κ1) is 26.8. The highest BCUT2D eigenvalue weighted by Gasteiger charge is 2.37. The number of ketones is 1. The van der Waals surface area contributed by atoms with E-state index in [4.69, 9.17) is 4.74 Å². The second kappa shape index (κ2) is 11.4. The van der Waals surface area contributed by atoms with Gasteiger partial charge in [0.15, 0.2) is 0 Å². The molecular weight excluding hydrogens is 376 g/mol. The molecule has 0 saturated carbocycles. The first-order valence-electron chi connectivity index (χ1n) is 11.7. The van der Waals surface area contributed by atoms with Crippen LogP contribution in [-0.2, 0) is 14.9 Å². The summed E-state index contributed by atoms with van der Waals surface area (Å²) in [5, 5.41) is 12.2. The van der Waals surface area contributed by atoms with Crippen LogP contribution in [0.15, 0.2) is 6.20 Å². The van der Waals surface area contributed by atoms with Crippen molar-refractivity contribution >= 4 is 5.78 Å². The van der Waals surface area contributed by atoms with Gasteiger partial charge in [-0.3, -0.25) is 4.79 Å². The Hall–Kier alpha value is -1.27. The summed E-state index contributed by atoms with van der Waals surface area (Å²) < 4.78 is 8.29. The van der Waals surface area contributed by atoms with Crippen LogP contribution in [0, 0.1) is 5.41 Å². The van der Waals surface area contributed by atoms with Crippen LogP contribution in [0.25, 0.3) is 0 Å². The molecule has 0 fully saturated rings. The number of Topliss-reactive ketones (excluding diaryl/α,β-unsaturated/α-hetero) is 1. The van der Waals surface area contributed by atoms with E-state index in [1.807, 2.05) is 25.6 Å². The first-order valence-corrected chi connectivity index (χ1v) is 11.7. The fraction of sp³-hybridized carbons (Fsp3) is 0.875. The second-order valence-corrected chi connectivity index (χ2v) is 9.97. The number of nitrogens with zero attached hydrogens (tertiary/aromatic N) is 3. The molecule has 1 N–H and O–H groups in total. The summed E-state index contributed by atoms with van der Waals surface area (Å²) >= 11 is 0. The van der Waals surface area contributed by atoms with Gasteiger partial charge in [-0.05, 0) is 66.0 Å². The maximum Gasteiger partial charge on any atom is 0.135 e. The van der Waals surface area contributed by atoms with Gasteiger partial charge in [0.25, 0.3) is 0 Å². The second-order valence-electron chi connectivity index (χ2n) is 9.97. The zero-order chi connectivity index (χ0) is 23.0. The van der Waals surface area contributed by atoms with Crippen molar-refractivity contribution in [1.29, 1.82) is 0 Å². The van der Waals surface area contributed by atoms with Crippen molar-refractivity contribution in [3.05, 3.63) is 11.9 Å². The molecule has 0 saturated heterocycles. The van der Waals surface area contributed by atoms with Gasteiger partial charge in [0.05, 0.1) is 17.3 Å². The number of carbonyl (C=O) groups excluding carboxylic acids is 1. The third-order valence-corrected chi connectivity index (χ3v) is 7.09. The molecule has 0 aromatic carbocycles. The van der Waals surface area contributed by atoms with Gasteiger partial charge >= 0.3 is 0 Å². The highest BCUT2D eigenvalue weighted by molar-refractivity contribution is 5.81. The maximum absolute atomic E-state index is 12.1. The van der Waals surface area contributed by atoms with Crippen LogP contribution in [0.5, 0.6) is 0 Å². The van der Waals surface area contributed by atoms with Crippen LogP contribution in [-0.4, -0.2) is 46.6 Å². The molecule has 1 heterocycles. The van der Waals surface area contributed by atoms with Crippen LogP contribution in [0.4, 0.5) is 0 Å². The highest BCUT2D eigenvalue weighted by Crippen LogP contribution is 2.39. The summed E-state index contributed by atoms with van der Waals surface area (Å²) in [7, 11) is 1.98. The Kier molecular flexibility index (Phi) is 10.2. The van der Waals surface area contributed by atoms with E-state index in [0.29, 0.717) is 6.61 Å². The lowest BCUT2D eigenvalue weighted by Crippen LogP contribution is -2.33. The lowest BCUT2D eigenvalue weighted by molar-refractivity contribution is -0.126. The van der Waals surface area contributed by atoms with E-state index in [0.717, 1.165) is 50.8 Å². The first-order chi connectivity index (χ1) is 14.0. The van der Waals surface area contributed by atoms with E-state index in [-0.39, 0.29) is 28.3 Å². The van der Waals surface area contributed by atoms with Crippen LogP contribution in [0.2, 0.25) is 0 Å². The molecule has 6 nitrogen and oxygen atoms in total. The van der Waals surface area contributed by atoms with E-state index >= 15 is 0 Å². The van der Waals surface area contributed by atoms with Crippen molar-refractivity contribution in [2.75, 3.05) is 20.2 Å². The molecule has 174 valence electrons. The summed E-state index contributed by atoms with van der Waals surface area (Å²) in [4.78, 5) is 12.1. The molecular formula is C24H46N4O2. The van der Waals surface area contributed by atoms with Gasteiger partial charge in [-0.25, -0.2) is 4.68 Å². The summed E-state index contributed by atoms with van der Waals surface area (Å²) in [5.74, 6) is 0.218. The third kappa shape index (κ3) is 7.16. The maximum atomic E-state index is 12.1. The van der Waals surface area contributed by atoms with E-state index < -0.39 is 0 Å². The fourth-order valence-electron chi connectivity index (χ4n) is 3.93. The minimum atomic E-state index is -0.371. The predicted octanol–water partition coefficient (Wildman–Crippen LogP) is 5.09. The normalized spacial score (nSPS) is 17.4. The molecule has 6 heteroatoms. The number of nitrogens with one attached hydrogen (secondary N) is 1. The molecule has 0 bridgehead atoms. The van der Waals surface area contributed by atoms with Gasteiger partial charge in [-0.2, -0.15) is 0 Å². The highest BCUT2D eigenvalue weighted by atomic mass is 16.5. The van der Waals surface area contributed by atoms with E-state index in [1.54, 1.807) is 6.92 Å². The summed E-state index contributed by atoms with van der Waals surface area (Å²) in [6.07, 6.45) is 7.68. The van der Waals surface area contributed by atoms with Gasteiger partial charge in [0.1, 0.15) is 5.78 Å². The van der Waals surface area contributed by atoms with Gasteiger partial charge in [-0.15, -0.1) is 5.10 Å². The number of hydrogen-bond donors (Lipinski definition) is 1. The number of rotatable bonds is 15. The van der Waals surface area contributed by atoms with Crippen LogP contribution in [0.3, 0.4) is 0 Å². The summed E-state index contributed by atoms with van der Waals surface area (Å²) in [6.45, 7) is 18.3. The average Bonchev–Trinajstić information content (AvgIpc) is 3.20. The average molecular weight is 423 g/mol. The zero-order valence-electron chi connectivity index (χ0n) is 21.0. The standard InChI is InChI=1S/C24H46N4O2/c1-10-20(13-16-30-24(8,12-3)14-15-25-9)28-17-21(26-27-28)23(7,11-2)18-22(5,6)19(4)29/h17,20,25H,10-16,18H2,1-9H3. The Bertz CT molecular complexity index is 657. The smallest absolute Gasteiger partial charge is 0.135 e. The predicted molar refractivity (Wildman–Crippen MR) is 124 cm³/mol. The monoisotopic (exact) mass is 422 g/mol. The van der Waals surface area contributed by atoms with Gasteiger partial charge < -0.3 is 10.1 Å². The van der Waals surface area contributed by atoms with Crippen LogP contribution in [0.1, 0.15) is 106 Å². The lowest BCUT2D eigenvalue weighted by Gasteiger charge is -2.34. The van der Waals surface area contributed by atoms with Gasteiger partial charge in [0, 0.05) is 23.6 Å². The molecule has 0 aliphatic heterocycles. The Labute approximate surface area is 184 Å². The van der Waals surface area contributed by atoms with E-state index in [1.165, 1.54) is 0 Å². The lowest BCUT2D eigenvalue weighted by atomic mass is 9.69. The molecule has 1 aromatic heterocycles. The number of carbonyl (C=O) groups is 1. The van der Waals surface area contributed by atoms with Crippen molar-refractivity contribution in [3.8, 4) is 0 Å². The molecule has 0 aliphatic rings. The number of hydrogen-bond acceptors (Lipinski definition) is 5. The summed E-state index contributed by atoms with van der Waals surface area (Å²) in [5.41, 5.74) is 0.347. The molecule has 3 unspecified atom stereocenters. The van der Waals surface area contributed by atoms with Crippen molar-refractivity contribution in [2.24, 2.45) is 5.41 Å². The molecule has 30 heavy (non-hydrogen) atoms. The molecule has 0 radical (unpaired) electrons. The van der Waals surface area contributed by atoms with Crippen molar-refractivity contribution in [1.82, 2.24) is 20.3 Å². The Morgan fingerprint density at radius 3 is 2.37 bits per heavy atom. The van der Waals surface area contributed by atoms with Crippen molar-refractivity contribution in [2.45, 2.75) is 111 Å². The van der Waals surface area contributed by atoms with Gasteiger partial charge in [0.2, 0.25) is 0 Å². The fourth-order valence-corrected chi connectivity index (χ4v) is 3.93. The number of ether oxygens (including phenoxy) is 1. The number of aromatic nitrogens is 3. The minimum absolute atomic E-state index is 0.0894. The molecule has 0 amide bonds. The molecule has 3 atom stereocenters. The Morgan fingerprint density at radius 1 is 1.20 bits per heavy atom. The minimum Gasteiger partial charge on any atom is -0.375 e.